The Morgan fingerprint density at radius 1 is 0.429 bits per heavy atom. The summed E-state index contributed by atoms with van der Waals surface area (Å²) in [6.45, 7) is 4.86. The van der Waals surface area contributed by atoms with Crippen LogP contribution in [-0.4, -0.2) is 148 Å². The second kappa shape index (κ2) is 33.5. The van der Waals surface area contributed by atoms with E-state index in [0.717, 1.165) is 103 Å². The summed E-state index contributed by atoms with van der Waals surface area (Å²) in [5, 5.41) is 12.8. The Balaban J connectivity index is 0.000000117. The van der Waals surface area contributed by atoms with Crippen LogP contribution in [0.2, 0.25) is 0 Å². The average Bonchev–Trinajstić information content (AvgIpc) is 1.71. The molecule has 0 saturated carbocycles. The molecule has 133 heavy (non-hydrogen) atoms. The van der Waals surface area contributed by atoms with Gasteiger partial charge in [-0.15, -0.1) is 34.0 Å². The number of aromatic nitrogens is 4. The Bertz CT molecular complexity index is 7620. The van der Waals surface area contributed by atoms with Crippen LogP contribution in [0.15, 0.2) is 257 Å². The Hall–Kier alpha value is -14.9. The van der Waals surface area contributed by atoms with Crippen LogP contribution in [-0.2, 0) is 37.0 Å². The van der Waals surface area contributed by atoms with Crippen molar-refractivity contribution in [3.63, 3.8) is 0 Å². The highest BCUT2D eigenvalue weighted by molar-refractivity contribution is 7.15. The van der Waals surface area contributed by atoms with E-state index in [4.69, 9.17) is 42.0 Å². The standard InChI is InChI=1S/C38H29FN4O6S.C32H24FN3O7S.C29H22FN3O5S/c1-47-38(46)41-19-22(24-6-4-5-9-30(24)41)20-49-35-31(44)12-14-42-34(35)37(45)40-15-16-48-21-32(40)43(42)33-25-7-2-3-8-27(25)36-28(13-17-50-36)29-18-23(39)10-11-26(29)33;1-17-25(43-32(39)42-17)15-41-29-24(37)8-10-35-28(29)31(38)34-11-12-40-16-26(34)36(35)27-19-4-2-3-5-21(19)30-22(9-13-44-30)23-14-18(33)6-7-20(23)27;1-16(34)38-27-23(35)8-10-32-26(27)29(36)31-11-12-37-15-24(31)33(32)25-18-4-2-3-5-20(18)28-21(9-13-39-28)22-14-17(30)6-7-19(22)25/h2-14,17-19,32-33H,15-16,20-21H2,1H3;2-10,13-14,26-27H,11-12,15-16H2,1H3;2-10,13-14,24-25H,11-12,15H2,1H3/t32-,33?;26-,27?;24-,25?/m111/s1. The number of fused-ring (bicyclic) bond motifs is 22. The second-order valence-electron chi connectivity index (χ2n) is 32.7. The fraction of sp³-hybridized carbons (Fsp3) is 0.202. The summed E-state index contributed by atoms with van der Waals surface area (Å²) in [5.41, 5.74) is 13.2. The average molecular weight is 1850 g/mol. The third-order valence-corrected chi connectivity index (χ3v) is 28.4. The minimum Gasteiger partial charge on any atom is -0.482 e. The number of ether oxygens (including phenoxy) is 7. The lowest BCUT2D eigenvalue weighted by Crippen LogP contribution is -2.66. The number of carbonyl (C=O) groups excluding carboxylic acids is 5. The molecule has 24 rings (SSSR count). The molecule has 6 atom stereocenters. The number of pyridine rings is 3. The van der Waals surface area contributed by atoms with Gasteiger partial charge in [-0.25, -0.2) is 22.8 Å². The monoisotopic (exact) mass is 1840 g/mol. The molecule has 9 aliphatic rings. The van der Waals surface area contributed by atoms with Gasteiger partial charge in [-0.1, -0.05) is 109 Å². The molecule has 3 aliphatic carbocycles. The van der Waals surface area contributed by atoms with Crippen LogP contribution in [0.1, 0.15) is 107 Å². The minimum absolute atomic E-state index is 0.0271. The van der Waals surface area contributed by atoms with Crippen molar-refractivity contribution in [2.24, 2.45) is 0 Å². The highest BCUT2D eigenvalue weighted by Gasteiger charge is 2.52. The van der Waals surface area contributed by atoms with Crippen LogP contribution < -0.4 is 51.3 Å². The first-order chi connectivity index (χ1) is 64.8. The van der Waals surface area contributed by atoms with E-state index < -0.39 is 82.6 Å². The van der Waals surface area contributed by atoms with Gasteiger partial charge in [0.1, 0.15) is 49.2 Å². The smallest absolute Gasteiger partial charge is 0.482 e. The topological polar surface area (TPSA) is 284 Å². The first-order valence-corrected chi connectivity index (χ1v) is 45.3. The molecule has 3 unspecified atom stereocenters. The van der Waals surface area contributed by atoms with Gasteiger partial charge in [-0.2, -0.15) is 0 Å². The molecule has 7 aromatic carbocycles. The summed E-state index contributed by atoms with van der Waals surface area (Å²) in [5.74, 6) is -4.11. The minimum atomic E-state index is -0.887. The zero-order valence-corrected chi connectivity index (χ0v) is 73.3. The van der Waals surface area contributed by atoms with Gasteiger partial charge in [-0.05, 0) is 150 Å². The Morgan fingerprint density at radius 3 is 1.20 bits per heavy atom. The third-order valence-electron chi connectivity index (χ3n) is 25.5. The van der Waals surface area contributed by atoms with Gasteiger partial charge in [0.2, 0.25) is 22.0 Å². The lowest BCUT2D eigenvalue weighted by atomic mass is 9.92. The van der Waals surface area contributed by atoms with Crippen molar-refractivity contribution in [1.82, 2.24) is 33.3 Å². The van der Waals surface area contributed by atoms with Crippen LogP contribution in [0.5, 0.6) is 17.2 Å². The van der Waals surface area contributed by atoms with E-state index >= 15 is 4.39 Å². The molecule has 0 bridgehead atoms. The van der Waals surface area contributed by atoms with Crippen molar-refractivity contribution < 1.29 is 79.1 Å². The summed E-state index contributed by atoms with van der Waals surface area (Å²) in [6, 6.07) is 54.2. The molecule has 15 aromatic rings. The van der Waals surface area contributed by atoms with E-state index in [2.05, 4.69) is 17.1 Å². The first-order valence-electron chi connectivity index (χ1n) is 42.7. The van der Waals surface area contributed by atoms with Crippen LogP contribution in [0.3, 0.4) is 0 Å². The summed E-state index contributed by atoms with van der Waals surface area (Å²) < 4.78 is 101. The third kappa shape index (κ3) is 13.9. The molecule has 28 nitrogen and oxygen atoms in total. The zero-order valence-electron chi connectivity index (χ0n) is 70.9. The van der Waals surface area contributed by atoms with Gasteiger partial charge in [0.15, 0.2) is 40.1 Å². The molecule has 34 heteroatoms. The number of nitrogens with zero attached hydrogens (tertiary/aromatic N) is 10. The van der Waals surface area contributed by atoms with Crippen LogP contribution in [0.25, 0.3) is 75.6 Å². The predicted octanol–water partition coefficient (Wildman–Crippen LogP) is 15.2. The number of esters is 1. The summed E-state index contributed by atoms with van der Waals surface area (Å²) in [7, 11) is 1.31. The Kier molecular flexibility index (Phi) is 21.1. The Labute approximate surface area is 764 Å². The molecular weight excluding hydrogens is 1770 g/mol. The fourth-order valence-corrected chi connectivity index (χ4v) is 22.7. The number of morpholine rings is 3. The van der Waals surface area contributed by atoms with Gasteiger partial charge in [0.05, 0.1) is 70.4 Å². The highest BCUT2D eigenvalue weighted by atomic mass is 32.1. The molecule has 3 amide bonds. The molecular formula is C99H75F3N10O18S3. The number of para-hydroxylation sites is 1. The van der Waals surface area contributed by atoms with E-state index in [1.165, 1.54) is 61.2 Å². The number of rotatable bonds is 10. The lowest BCUT2D eigenvalue weighted by Gasteiger charge is -2.51. The highest BCUT2D eigenvalue weighted by Crippen LogP contribution is 2.55. The van der Waals surface area contributed by atoms with Gasteiger partial charge >= 0.3 is 17.9 Å². The van der Waals surface area contributed by atoms with E-state index in [9.17, 15) is 51.9 Å². The van der Waals surface area contributed by atoms with Crippen molar-refractivity contribution in [3.8, 4) is 82.0 Å². The Morgan fingerprint density at radius 2 is 0.805 bits per heavy atom. The van der Waals surface area contributed by atoms with Gasteiger partial charge in [-0.3, -0.25) is 67.2 Å². The van der Waals surface area contributed by atoms with Crippen molar-refractivity contribution in [2.75, 3.05) is 81.4 Å². The normalized spacial score (nSPS) is 18.4. The van der Waals surface area contributed by atoms with Gasteiger partial charge < -0.3 is 56.7 Å². The van der Waals surface area contributed by atoms with Crippen LogP contribution >= 0.6 is 34.0 Å². The quantitative estimate of drug-likeness (QED) is 0.115. The summed E-state index contributed by atoms with van der Waals surface area (Å²) in [6.07, 6.45) is 4.09. The number of hydrogen-bond donors (Lipinski definition) is 0. The first kappa shape index (κ1) is 83.7. The maximum Gasteiger partial charge on any atom is 0.519 e. The molecule has 0 N–H and O–H groups in total. The molecule has 668 valence electrons. The number of halogens is 3. The number of benzene rings is 7. The van der Waals surface area contributed by atoms with Crippen molar-refractivity contribution >= 4 is 74.7 Å². The largest absolute Gasteiger partial charge is 0.519 e. The second-order valence-corrected chi connectivity index (χ2v) is 35.4. The number of thiophene rings is 3. The van der Waals surface area contributed by atoms with Crippen LogP contribution in [0, 0.1) is 24.4 Å². The molecule has 0 radical (unpaired) electrons. The van der Waals surface area contributed by atoms with Gasteiger partial charge in [0, 0.05) is 112 Å². The fourth-order valence-electron chi connectivity index (χ4n) is 19.9. The zero-order chi connectivity index (χ0) is 91.0. The maximum atomic E-state index is 15.0. The van der Waals surface area contributed by atoms with E-state index in [1.807, 2.05) is 123 Å². The number of carbonyl (C=O) groups is 5. The van der Waals surface area contributed by atoms with E-state index in [-0.39, 0.29) is 109 Å². The maximum absolute atomic E-state index is 15.0. The molecule has 8 aromatic heterocycles. The molecule has 3 saturated heterocycles. The number of hydrogen-bond acceptors (Lipinski definition) is 24. The van der Waals surface area contributed by atoms with E-state index in [1.54, 1.807) is 131 Å². The predicted molar refractivity (Wildman–Crippen MR) is 486 cm³/mol. The van der Waals surface area contributed by atoms with Crippen LogP contribution in [0.4, 0.5) is 18.0 Å². The SMILES string of the molecule is CC(=O)Oc1c2n(ccc1=O)N(C1c3ccc(F)cc3-c3ccsc3-c3ccccc31)[C@@H]1COCCN1C2=O.COC(=O)n1cc(COc2c3n(ccc2=O)N(C2c4ccc(F)cc4-c4ccsc4-c4ccccc42)[C@@H]2COCCN2C3=O)c2ccccc21.Cc1oc(=O)oc1COc1c2n(ccc1=O)N(C1c3ccc(F)cc3-c3ccsc3-c3ccccc31)[C@@H]1COCCN1C2=O. The van der Waals surface area contributed by atoms with Crippen molar-refractivity contribution in [3.05, 3.63) is 355 Å². The lowest BCUT2D eigenvalue weighted by molar-refractivity contribution is -0.132. The summed E-state index contributed by atoms with van der Waals surface area (Å²) in [4.78, 5) is 126. The number of aryl methyl sites for hydroxylation is 1. The molecule has 0 spiro atoms. The molecule has 6 aliphatic heterocycles. The summed E-state index contributed by atoms with van der Waals surface area (Å²) >= 11 is 4.76. The molecule has 14 heterocycles. The van der Waals surface area contributed by atoms with Gasteiger partial charge in [0.25, 0.3) is 17.7 Å². The number of methoxy groups -OCH3 is 1. The molecule has 3 fully saturated rings. The number of amides is 3. The van der Waals surface area contributed by atoms with Crippen molar-refractivity contribution in [2.45, 2.75) is 63.7 Å². The van der Waals surface area contributed by atoms with E-state index in [0.29, 0.717) is 44.0 Å². The van der Waals surface area contributed by atoms with Crippen molar-refractivity contribution in [1.29, 1.82) is 0 Å².